The predicted octanol–water partition coefficient (Wildman–Crippen LogP) is 1.57. The SMILES string of the molecule is Cc1ccc(C(N)=S)cc1NC(=O)c1cc[nH]c(=O)c1. The van der Waals surface area contributed by atoms with Gasteiger partial charge in [0.05, 0.1) is 0 Å². The minimum atomic E-state index is -0.362. The standard InChI is InChI=1S/C14H13N3O2S/c1-8-2-3-9(13(15)20)6-11(8)17-14(19)10-4-5-16-12(18)7-10/h2-7H,1H3,(H2,15,20)(H,16,18)(H,17,19). The number of thiocarbonyl (C=S) groups is 1. The van der Waals surface area contributed by atoms with Gasteiger partial charge in [0.1, 0.15) is 4.99 Å². The first-order valence-electron chi connectivity index (χ1n) is 5.88. The molecule has 0 saturated heterocycles. The average molecular weight is 287 g/mol. The summed E-state index contributed by atoms with van der Waals surface area (Å²) in [6.07, 6.45) is 1.43. The van der Waals surface area contributed by atoms with E-state index in [1.807, 2.05) is 13.0 Å². The van der Waals surface area contributed by atoms with Gasteiger partial charge in [-0.25, -0.2) is 0 Å². The van der Waals surface area contributed by atoms with Crippen LogP contribution in [-0.2, 0) is 0 Å². The molecule has 2 aromatic rings. The first-order valence-corrected chi connectivity index (χ1v) is 6.29. The van der Waals surface area contributed by atoms with Crippen molar-refractivity contribution in [2.75, 3.05) is 5.32 Å². The number of H-pyrrole nitrogens is 1. The van der Waals surface area contributed by atoms with E-state index in [0.29, 0.717) is 11.3 Å². The molecule has 0 unspecified atom stereocenters. The summed E-state index contributed by atoms with van der Waals surface area (Å²) in [6.45, 7) is 1.86. The fourth-order valence-corrected chi connectivity index (χ4v) is 1.82. The van der Waals surface area contributed by atoms with Crippen molar-refractivity contribution in [3.05, 3.63) is 63.6 Å². The molecule has 0 aliphatic heterocycles. The van der Waals surface area contributed by atoms with Crippen LogP contribution < -0.4 is 16.6 Å². The zero-order valence-electron chi connectivity index (χ0n) is 10.8. The Hall–Kier alpha value is -2.47. The zero-order chi connectivity index (χ0) is 14.7. The number of nitrogens with one attached hydrogen (secondary N) is 2. The highest BCUT2D eigenvalue weighted by atomic mass is 32.1. The van der Waals surface area contributed by atoms with E-state index in [2.05, 4.69) is 10.3 Å². The Balaban J connectivity index is 2.30. The Labute approximate surface area is 120 Å². The van der Waals surface area contributed by atoms with Crippen LogP contribution in [0.3, 0.4) is 0 Å². The molecule has 4 N–H and O–H groups in total. The van der Waals surface area contributed by atoms with E-state index in [1.165, 1.54) is 18.3 Å². The van der Waals surface area contributed by atoms with E-state index in [9.17, 15) is 9.59 Å². The predicted molar refractivity (Wildman–Crippen MR) is 82.1 cm³/mol. The van der Waals surface area contributed by atoms with Gasteiger partial charge in [0.2, 0.25) is 5.56 Å². The van der Waals surface area contributed by atoms with Crippen LogP contribution in [0.1, 0.15) is 21.5 Å². The van der Waals surface area contributed by atoms with Gasteiger partial charge in [-0.3, -0.25) is 9.59 Å². The number of nitrogens with two attached hydrogens (primary N) is 1. The maximum atomic E-state index is 12.1. The minimum Gasteiger partial charge on any atom is -0.389 e. The molecular weight excluding hydrogens is 274 g/mol. The number of hydrogen-bond donors (Lipinski definition) is 3. The number of aromatic nitrogens is 1. The van der Waals surface area contributed by atoms with Crippen molar-refractivity contribution in [3.63, 3.8) is 0 Å². The van der Waals surface area contributed by atoms with Crippen LogP contribution in [0.5, 0.6) is 0 Å². The normalized spacial score (nSPS) is 10.1. The fraction of sp³-hybridized carbons (Fsp3) is 0.0714. The van der Waals surface area contributed by atoms with Crippen molar-refractivity contribution in [2.45, 2.75) is 6.92 Å². The number of benzene rings is 1. The van der Waals surface area contributed by atoms with Crippen molar-refractivity contribution in [3.8, 4) is 0 Å². The van der Waals surface area contributed by atoms with Crippen molar-refractivity contribution < 1.29 is 4.79 Å². The van der Waals surface area contributed by atoms with Gasteiger partial charge in [-0.15, -0.1) is 0 Å². The number of carbonyl (C=O) groups is 1. The molecule has 0 aliphatic carbocycles. The van der Waals surface area contributed by atoms with E-state index in [0.717, 1.165) is 5.56 Å². The van der Waals surface area contributed by atoms with Crippen LogP contribution in [0.2, 0.25) is 0 Å². The molecular formula is C14H13N3O2S. The lowest BCUT2D eigenvalue weighted by molar-refractivity contribution is 0.102. The number of anilines is 1. The first kappa shape index (κ1) is 14.0. The molecule has 1 aromatic carbocycles. The molecule has 102 valence electrons. The van der Waals surface area contributed by atoms with Gasteiger partial charge in [-0.2, -0.15) is 0 Å². The second-order valence-electron chi connectivity index (χ2n) is 4.29. The number of aromatic amines is 1. The second-order valence-corrected chi connectivity index (χ2v) is 4.73. The Morgan fingerprint density at radius 3 is 2.65 bits per heavy atom. The summed E-state index contributed by atoms with van der Waals surface area (Å²) in [5, 5.41) is 2.74. The Kier molecular flexibility index (Phi) is 3.95. The molecule has 5 nitrogen and oxygen atoms in total. The van der Waals surface area contributed by atoms with Crippen LogP contribution in [0.15, 0.2) is 41.3 Å². The van der Waals surface area contributed by atoms with Gasteiger partial charge < -0.3 is 16.0 Å². The van der Waals surface area contributed by atoms with Gasteiger partial charge in [-0.1, -0.05) is 24.4 Å². The highest BCUT2D eigenvalue weighted by Gasteiger charge is 2.09. The summed E-state index contributed by atoms with van der Waals surface area (Å²) in [5.41, 5.74) is 7.69. The molecule has 0 saturated carbocycles. The van der Waals surface area contributed by atoms with Crippen LogP contribution in [0.25, 0.3) is 0 Å². The van der Waals surface area contributed by atoms with Crippen LogP contribution >= 0.6 is 12.2 Å². The average Bonchev–Trinajstić information content (AvgIpc) is 2.41. The first-order chi connectivity index (χ1) is 9.47. The van der Waals surface area contributed by atoms with Gasteiger partial charge in [-0.05, 0) is 24.6 Å². The van der Waals surface area contributed by atoms with Gasteiger partial charge in [0.15, 0.2) is 0 Å². The van der Waals surface area contributed by atoms with Gasteiger partial charge in [0, 0.05) is 29.1 Å². The smallest absolute Gasteiger partial charge is 0.255 e. The van der Waals surface area contributed by atoms with Crippen molar-refractivity contribution >= 4 is 28.8 Å². The molecule has 1 amide bonds. The second kappa shape index (κ2) is 5.66. The zero-order valence-corrected chi connectivity index (χ0v) is 11.6. The Bertz CT molecular complexity index is 737. The third-order valence-corrected chi connectivity index (χ3v) is 3.04. The molecule has 20 heavy (non-hydrogen) atoms. The molecule has 1 aromatic heterocycles. The molecule has 0 spiro atoms. The van der Waals surface area contributed by atoms with Crippen molar-refractivity contribution in [1.29, 1.82) is 0 Å². The summed E-state index contributed by atoms with van der Waals surface area (Å²) in [7, 11) is 0. The maximum Gasteiger partial charge on any atom is 0.255 e. The molecule has 0 radical (unpaired) electrons. The fourth-order valence-electron chi connectivity index (χ4n) is 1.69. The monoisotopic (exact) mass is 287 g/mol. The van der Waals surface area contributed by atoms with Crippen molar-refractivity contribution in [2.24, 2.45) is 5.73 Å². The van der Waals surface area contributed by atoms with Crippen LogP contribution in [0, 0.1) is 6.92 Å². The lowest BCUT2D eigenvalue weighted by Crippen LogP contribution is -2.17. The molecule has 6 heteroatoms. The Morgan fingerprint density at radius 2 is 2.00 bits per heavy atom. The third kappa shape index (κ3) is 3.10. The molecule has 0 bridgehead atoms. The summed E-state index contributed by atoms with van der Waals surface area (Å²) in [5.74, 6) is -0.362. The summed E-state index contributed by atoms with van der Waals surface area (Å²) in [6, 6.07) is 8.09. The summed E-state index contributed by atoms with van der Waals surface area (Å²) >= 11 is 4.91. The maximum absolute atomic E-state index is 12.1. The molecule has 0 fully saturated rings. The van der Waals surface area contributed by atoms with E-state index in [1.54, 1.807) is 12.1 Å². The van der Waals surface area contributed by atoms with E-state index in [4.69, 9.17) is 18.0 Å². The van der Waals surface area contributed by atoms with E-state index >= 15 is 0 Å². The highest BCUT2D eigenvalue weighted by molar-refractivity contribution is 7.80. The van der Waals surface area contributed by atoms with E-state index in [-0.39, 0.29) is 22.0 Å². The largest absolute Gasteiger partial charge is 0.389 e. The number of rotatable bonds is 3. The lowest BCUT2D eigenvalue weighted by atomic mass is 10.1. The van der Waals surface area contributed by atoms with Crippen molar-refractivity contribution in [1.82, 2.24) is 4.98 Å². The number of aryl methyl sites for hydroxylation is 1. The molecule has 0 atom stereocenters. The Morgan fingerprint density at radius 1 is 1.25 bits per heavy atom. The quantitative estimate of drug-likeness (QED) is 0.748. The number of hydrogen-bond acceptors (Lipinski definition) is 3. The number of pyridine rings is 1. The molecule has 0 aliphatic rings. The third-order valence-electron chi connectivity index (χ3n) is 2.81. The highest BCUT2D eigenvalue weighted by Crippen LogP contribution is 2.17. The molecule has 1 heterocycles. The van der Waals surface area contributed by atoms with Crippen LogP contribution in [-0.4, -0.2) is 15.9 Å². The topological polar surface area (TPSA) is 88.0 Å². The van der Waals surface area contributed by atoms with Gasteiger partial charge >= 0.3 is 0 Å². The van der Waals surface area contributed by atoms with E-state index < -0.39 is 0 Å². The number of carbonyl (C=O) groups excluding carboxylic acids is 1. The van der Waals surface area contributed by atoms with Gasteiger partial charge in [0.25, 0.3) is 5.91 Å². The summed E-state index contributed by atoms with van der Waals surface area (Å²) in [4.78, 5) is 26.0. The summed E-state index contributed by atoms with van der Waals surface area (Å²) < 4.78 is 0. The molecule has 2 rings (SSSR count). The van der Waals surface area contributed by atoms with Crippen LogP contribution in [0.4, 0.5) is 5.69 Å². The number of amides is 1. The lowest BCUT2D eigenvalue weighted by Gasteiger charge is -2.10. The minimum absolute atomic E-state index is 0.261.